The van der Waals surface area contributed by atoms with Crippen molar-refractivity contribution in [1.29, 1.82) is 0 Å². The molecule has 76 valence electrons. The van der Waals surface area contributed by atoms with Crippen LogP contribution in [0.25, 0.3) is 0 Å². The minimum atomic E-state index is -0.585. The summed E-state index contributed by atoms with van der Waals surface area (Å²) in [6.45, 7) is 3.07. The maximum absolute atomic E-state index is 10.9. The molecule has 1 rings (SSSR count). The smallest absolute Gasteiger partial charge is 0.319 e. The summed E-state index contributed by atoms with van der Waals surface area (Å²) in [5.74, 6) is -0.494. The monoisotopic (exact) mass is 199 g/mol. The van der Waals surface area contributed by atoms with Crippen molar-refractivity contribution in [2.45, 2.75) is 20.3 Å². The number of rotatable bonds is 3. The molecule has 0 N–H and O–H groups in total. The zero-order chi connectivity index (χ0) is 10.7. The highest BCUT2D eigenvalue weighted by molar-refractivity contribution is 5.69. The summed E-state index contributed by atoms with van der Waals surface area (Å²) >= 11 is 0. The lowest BCUT2D eigenvalue weighted by Gasteiger charge is -2.01. The second-order valence-corrected chi connectivity index (χ2v) is 2.56. The van der Waals surface area contributed by atoms with E-state index in [0.29, 0.717) is 0 Å². The maximum atomic E-state index is 10.9. The zero-order valence-corrected chi connectivity index (χ0v) is 7.76. The van der Waals surface area contributed by atoms with Gasteiger partial charge in [-0.1, -0.05) is 11.8 Å². The van der Waals surface area contributed by atoms with Crippen LogP contribution in [0.15, 0.2) is 6.20 Å². The molecular formula is C7H9N3O4. The van der Waals surface area contributed by atoms with Gasteiger partial charge in [-0.2, -0.15) is 0 Å². The Morgan fingerprint density at radius 3 is 2.86 bits per heavy atom. The molecule has 0 saturated carbocycles. The minimum Gasteiger partial charge on any atom is -0.319 e. The van der Waals surface area contributed by atoms with Crippen LogP contribution >= 0.6 is 0 Å². The second kappa shape index (κ2) is 3.86. The van der Waals surface area contributed by atoms with Gasteiger partial charge in [0.1, 0.15) is 6.20 Å². The molecule has 0 unspecified atom stereocenters. The Morgan fingerprint density at radius 1 is 1.79 bits per heavy atom. The van der Waals surface area contributed by atoms with Gasteiger partial charge in [0.2, 0.25) is 0 Å². The van der Waals surface area contributed by atoms with Gasteiger partial charge in [0.15, 0.2) is 5.69 Å². The number of hydrogen-bond donors (Lipinski definition) is 0. The molecule has 1 aromatic rings. The van der Waals surface area contributed by atoms with Crippen LogP contribution in [0, 0.1) is 17.0 Å². The summed E-state index contributed by atoms with van der Waals surface area (Å²) in [6.07, 6.45) is 1.23. The molecule has 0 aliphatic heterocycles. The lowest BCUT2D eigenvalue weighted by atomic mass is 10.4. The van der Waals surface area contributed by atoms with E-state index in [2.05, 4.69) is 9.94 Å². The second-order valence-electron chi connectivity index (χ2n) is 2.56. The fraction of sp³-hybridized carbons (Fsp3) is 0.429. The van der Waals surface area contributed by atoms with E-state index in [9.17, 15) is 14.9 Å². The fourth-order valence-corrected chi connectivity index (χ4v) is 0.817. The van der Waals surface area contributed by atoms with Crippen LogP contribution in [0.2, 0.25) is 0 Å². The normalized spacial score (nSPS) is 9.86. The van der Waals surface area contributed by atoms with E-state index < -0.39 is 10.9 Å². The summed E-state index contributed by atoms with van der Waals surface area (Å²) < 4.78 is 0. The van der Waals surface area contributed by atoms with E-state index in [1.54, 1.807) is 6.92 Å². The molecule has 7 nitrogen and oxygen atoms in total. The highest BCUT2D eigenvalue weighted by Crippen LogP contribution is 2.14. The molecule has 0 fully saturated rings. The molecule has 1 aromatic heterocycles. The summed E-state index contributed by atoms with van der Waals surface area (Å²) in [5.41, 5.74) is 0.0192. The number of nitro groups is 1. The number of carbonyl (C=O) groups excluding carboxylic acids is 1. The van der Waals surface area contributed by atoms with Crippen LogP contribution in [0.1, 0.15) is 19.0 Å². The largest absolute Gasteiger partial charge is 0.334 e. The highest BCUT2D eigenvalue weighted by Gasteiger charge is 2.18. The number of aromatic nitrogens is 2. The van der Waals surface area contributed by atoms with Crippen molar-refractivity contribution in [1.82, 2.24) is 9.94 Å². The third-order valence-corrected chi connectivity index (χ3v) is 1.62. The number of hydrogen-bond acceptors (Lipinski definition) is 5. The molecule has 0 saturated heterocycles. The Labute approximate surface area is 79.4 Å². The van der Waals surface area contributed by atoms with Crippen molar-refractivity contribution < 1.29 is 14.6 Å². The maximum Gasteiger partial charge on any atom is 0.334 e. The molecule has 14 heavy (non-hydrogen) atoms. The first-order valence-electron chi connectivity index (χ1n) is 3.96. The van der Waals surface area contributed by atoms with Crippen molar-refractivity contribution >= 4 is 11.7 Å². The predicted octanol–water partition coefficient (Wildman–Crippen LogP) is 0.465. The Bertz CT molecular complexity index is 371. The van der Waals surface area contributed by atoms with Gasteiger partial charge in [-0.25, -0.2) is 4.79 Å². The Hall–Kier alpha value is -1.92. The number of nitrogens with zero attached hydrogens (tertiary/aromatic N) is 3. The lowest BCUT2D eigenvalue weighted by molar-refractivity contribution is -0.385. The van der Waals surface area contributed by atoms with Crippen molar-refractivity contribution in [3.8, 4) is 0 Å². The number of carbonyl (C=O) groups is 1. The van der Waals surface area contributed by atoms with Crippen LogP contribution in [0.3, 0.4) is 0 Å². The summed E-state index contributed by atoms with van der Waals surface area (Å²) in [4.78, 5) is 26.2. The van der Waals surface area contributed by atoms with Gasteiger partial charge < -0.3 is 4.84 Å². The van der Waals surface area contributed by atoms with Gasteiger partial charge in [-0.15, -0.1) is 5.10 Å². The van der Waals surface area contributed by atoms with Gasteiger partial charge in [-0.05, 0) is 6.92 Å². The molecule has 0 aromatic carbocycles. The molecular weight excluding hydrogens is 190 g/mol. The average molecular weight is 199 g/mol. The van der Waals surface area contributed by atoms with E-state index in [-0.39, 0.29) is 17.8 Å². The van der Waals surface area contributed by atoms with Crippen LogP contribution in [0.5, 0.6) is 0 Å². The molecule has 0 bridgehead atoms. The lowest BCUT2D eigenvalue weighted by Crippen LogP contribution is -2.20. The van der Waals surface area contributed by atoms with Crippen molar-refractivity contribution in [3.63, 3.8) is 0 Å². The first-order valence-corrected chi connectivity index (χ1v) is 3.96. The average Bonchev–Trinajstić information content (AvgIpc) is 2.48. The van der Waals surface area contributed by atoms with Gasteiger partial charge in [-0.3, -0.25) is 10.1 Å². The molecule has 0 aliphatic rings. The van der Waals surface area contributed by atoms with Gasteiger partial charge >= 0.3 is 11.7 Å². The topological polar surface area (TPSA) is 87.3 Å². The Kier molecular flexibility index (Phi) is 2.80. The first-order chi connectivity index (χ1) is 6.56. The Balaban J connectivity index is 2.90. The predicted molar refractivity (Wildman–Crippen MR) is 45.5 cm³/mol. The molecule has 1 heterocycles. The van der Waals surface area contributed by atoms with Gasteiger partial charge in [0, 0.05) is 6.42 Å². The molecule has 7 heteroatoms. The van der Waals surface area contributed by atoms with Gasteiger partial charge in [0.25, 0.3) is 0 Å². The van der Waals surface area contributed by atoms with E-state index in [1.807, 2.05) is 0 Å². The van der Waals surface area contributed by atoms with Crippen LogP contribution < -0.4 is 4.84 Å². The molecule has 0 aliphatic carbocycles. The molecule has 0 atom stereocenters. The highest BCUT2D eigenvalue weighted by atomic mass is 16.7. The molecule has 0 spiro atoms. The summed E-state index contributed by atoms with van der Waals surface area (Å²) in [6, 6.07) is 0. The van der Waals surface area contributed by atoms with E-state index >= 15 is 0 Å². The minimum absolute atomic E-state index is 0.172. The fourth-order valence-electron chi connectivity index (χ4n) is 0.817. The summed E-state index contributed by atoms with van der Waals surface area (Å²) in [7, 11) is 0. The molecule has 0 radical (unpaired) electrons. The van der Waals surface area contributed by atoms with Crippen LogP contribution in [0.4, 0.5) is 5.69 Å². The van der Waals surface area contributed by atoms with E-state index in [4.69, 9.17) is 0 Å². The quantitative estimate of drug-likeness (QED) is 0.521. The van der Waals surface area contributed by atoms with Crippen molar-refractivity contribution in [2.24, 2.45) is 0 Å². The van der Waals surface area contributed by atoms with E-state index in [1.165, 1.54) is 6.92 Å². The van der Waals surface area contributed by atoms with Crippen molar-refractivity contribution in [3.05, 3.63) is 22.0 Å². The zero-order valence-electron chi connectivity index (χ0n) is 7.76. The SMILES string of the molecule is CCC(=O)On1ncc([N+](=O)[O-])c1C. The third kappa shape index (κ3) is 1.87. The van der Waals surface area contributed by atoms with Crippen LogP contribution in [-0.2, 0) is 4.79 Å². The third-order valence-electron chi connectivity index (χ3n) is 1.62. The van der Waals surface area contributed by atoms with Crippen LogP contribution in [-0.4, -0.2) is 20.8 Å². The summed E-state index contributed by atoms with van der Waals surface area (Å²) in [5, 5.41) is 14.0. The van der Waals surface area contributed by atoms with E-state index in [0.717, 1.165) is 11.0 Å². The van der Waals surface area contributed by atoms with Gasteiger partial charge in [0.05, 0.1) is 4.92 Å². The first kappa shape index (κ1) is 10.2. The van der Waals surface area contributed by atoms with Crippen molar-refractivity contribution in [2.75, 3.05) is 0 Å². The standard InChI is InChI=1S/C7H9N3O4/c1-3-7(11)14-9-5(2)6(4-8-9)10(12)13/h4H,3H2,1-2H3. The Morgan fingerprint density at radius 2 is 2.43 bits per heavy atom. The molecule has 0 amide bonds.